The molecule has 44 heavy (non-hydrogen) atoms. The monoisotopic (exact) mass is 620 g/mol. The Labute approximate surface area is 269 Å². The van der Waals surface area contributed by atoms with E-state index >= 15 is 0 Å². The normalized spacial score (nSPS) is 10.6. The highest BCUT2D eigenvalue weighted by Crippen LogP contribution is 2.48. The van der Waals surface area contributed by atoms with Gasteiger partial charge in [0.1, 0.15) is 11.5 Å². The zero-order chi connectivity index (χ0) is 31.6. The number of hydrogen-bond donors (Lipinski definition) is 0. The molecule has 0 bridgehead atoms. The van der Waals surface area contributed by atoms with Crippen LogP contribution in [0.4, 0.5) is 0 Å². The zero-order valence-corrected chi connectivity index (χ0v) is 28.8. The van der Waals surface area contributed by atoms with E-state index in [4.69, 9.17) is 9.05 Å². The molecular weight excluding hydrogens is 574 g/mol. The third-order valence-electron chi connectivity index (χ3n) is 6.81. The van der Waals surface area contributed by atoms with Gasteiger partial charge in [-0.05, 0) is 40.1 Å². The second-order valence-corrected chi connectivity index (χ2v) is 12.9. The van der Waals surface area contributed by atoms with Gasteiger partial charge in [-0.2, -0.15) is 0 Å². The van der Waals surface area contributed by atoms with E-state index in [1.807, 2.05) is 78.9 Å². The van der Waals surface area contributed by atoms with E-state index in [1.165, 1.54) is 22.6 Å². The highest BCUT2D eigenvalue weighted by Gasteiger charge is 2.21. The minimum atomic E-state index is 0.140. The van der Waals surface area contributed by atoms with E-state index in [2.05, 4.69) is 111 Å². The summed E-state index contributed by atoms with van der Waals surface area (Å²) in [5, 5.41) is 4.84. The molecule has 0 fully saturated rings. The molecule has 6 rings (SSSR count). The summed E-state index contributed by atoms with van der Waals surface area (Å²) in [6, 6.07) is 49.3. The van der Waals surface area contributed by atoms with Gasteiger partial charge in [0.2, 0.25) is 0 Å². The van der Waals surface area contributed by atoms with Crippen LogP contribution in [0.3, 0.4) is 0 Å². The Bertz CT molecular complexity index is 1570. The van der Waals surface area contributed by atoms with Crippen molar-refractivity contribution in [1.82, 2.24) is 0 Å². The molecule has 0 aliphatic carbocycles. The van der Waals surface area contributed by atoms with E-state index in [0.717, 1.165) is 34.4 Å². The average Bonchev–Trinajstić information content (AvgIpc) is 3.09. The van der Waals surface area contributed by atoms with Gasteiger partial charge in [-0.25, -0.2) is 0 Å². The Balaban J connectivity index is 0.000000287. The molecule has 6 aromatic carbocycles. The molecule has 0 aliphatic rings. The molecule has 0 N–H and O–H groups in total. The summed E-state index contributed by atoms with van der Waals surface area (Å²) < 4.78 is 12.2. The predicted octanol–water partition coefficient (Wildman–Crippen LogP) is 12.8. The van der Waals surface area contributed by atoms with Crippen molar-refractivity contribution in [1.29, 1.82) is 0 Å². The summed E-state index contributed by atoms with van der Waals surface area (Å²) in [4.78, 5) is 0. The van der Waals surface area contributed by atoms with Crippen LogP contribution in [0.15, 0.2) is 146 Å². The van der Waals surface area contributed by atoms with Crippen molar-refractivity contribution < 1.29 is 9.05 Å². The highest BCUT2D eigenvalue weighted by molar-refractivity contribution is 7.34. The largest absolute Gasteiger partial charge is 0.480 e. The lowest BCUT2D eigenvalue weighted by atomic mass is 9.92. The molecule has 2 unspecified atom stereocenters. The molecule has 0 spiro atoms. The molecule has 0 saturated carbocycles. The van der Waals surface area contributed by atoms with Crippen molar-refractivity contribution in [2.24, 2.45) is 0 Å². The summed E-state index contributed by atoms with van der Waals surface area (Å²) in [6.45, 7) is 11.0. The minimum absolute atomic E-state index is 0.140. The maximum atomic E-state index is 6.47. The Hall–Kier alpha value is -3.70. The number of rotatable bonds is 6. The van der Waals surface area contributed by atoms with Gasteiger partial charge in [0.25, 0.3) is 0 Å². The fourth-order valence-corrected chi connectivity index (χ4v) is 5.13. The van der Waals surface area contributed by atoms with Crippen LogP contribution >= 0.6 is 18.3 Å². The van der Waals surface area contributed by atoms with Gasteiger partial charge < -0.3 is 9.05 Å². The second kappa shape index (κ2) is 18.9. The molecule has 6 aromatic rings. The zero-order valence-electron chi connectivity index (χ0n) is 26.7. The van der Waals surface area contributed by atoms with Crippen LogP contribution in [0.1, 0.15) is 47.5 Å². The highest BCUT2D eigenvalue weighted by atomic mass is 31.1. The Kier molecular flexibility index (Phi) is 14.9. The van der Waals surface area contributed by atoms with E-state index in [1.54, 1.807) is 0 Å². The van der Waals surface area contributed by atoms with Crippen LogP contribution in [-0.2, 0) is 0 Å². The van der Waals surface area contributed by atoms with Gasteiger partial charge in [0.05, 0.1) is 18.3 Å². The van der Waals surface area contributed by atoms with Crippen LogP contribution in [0.25, 0.3) is 32.7 Å². The van der Waals surface area contributed by atoms with Crippen LogP contribution < -0.4 is 9.05 Å². The number of benzene rings is 6. The summed E-state index contributed by atoms with van der Waals surface area (Å²) in [5.74, 6) is 1.73. The van der Waals surface area contributed by atoms with Gasteiger partial charge in [-0.3, -0.25) is 0 Å². The fraction of sp³-hybridized carbons (Fsp3) is 0.200. The Morgan fingerprint density at radius 3 is 1.27 bits per heavy atom. The molecular formula is C40H46O2P2. The van der Waals surface area contributed by atoms with E-state index in [-0.39, 0.29) is 5.16 Å². The topological polar surface area (TPSA) is 18.5 Å². The SMILES string of the molecule is CCC.CCC(C)(C)POc1ccc2ccccc2c1-c1c(OP)ccc2ccccc12.c1ccccc1.c1ccccc1. The first-order valence-electron chi connectivity index (χ1n) is 15.3. The Morgan fingerprint density at radius 2 is 0.886 bits per heavy atom. The van der Waals surface area contributed by atoms with E-state index in [0.29, 0.717) is 8.81 Å². The standard InChI is InChI=1S/C25H26O2P2.2C6H6.C3H8/c1-4-25(2,3)29-27-22-16-14-18-10-6-8-12-20(18)24(22)23-19-11-7-5-9-17(19)13-15-21(23)26-28;2*1-2-4-6-5-3-1;1-3-2/h5-16,29H,4,28H2,1-3H3;2*1-6H;3H2,1-2H3. The molecule has 0 saturated heterocycles. The van der Waals surface area contributed by atoms with Crippen molar-refractivity contribution in [3.8, 4) is 22.6 Å². The smallest absolute Gasteiger partial charge is 0.131 e. The van der Waals surface area contributed by atoms with Crippen molar-refractivity contribution in [3.63, 3.8) is 0 Å². The summed E-state index contributed by atoms with van der Waals surface area (Å²) in [7, 11) is 2.77. The van der Waals surface area contributed by atoms with Crippen LogP contribution in [0.5, 0.6) is 11.5 Å². The quantitative estimate of drug-likeness (QED) is 0.173. The maximum absolute atomic E-state index is 6.47. The molecule has 0 amide bonds. The molecule has 0 heterocycles. The van der Waals surface area contributed by atoms with Crippen LogP contribution in [0, 0.1) is 0 Å². The second-order valence-electron chi connectivity index (χ2n) is 10.9. The van der Waals surface area contributed by atoms with Gasteiger partial charge in [-0.1, -0.05) is 174 Å². The van der Waals surface area contributed by atoms with Gasteiger partial charge in [0, 0.05) is 16.3 Å². The first-order chi connectivity index (χ1) is 21.5. The minimum Gasteiger partial charge on any atom is -0.480 e. The summed E-state index contributed by atoms with van der Waals surface area (Å²) in [6.07, 6.45) is 2.32. The van der Waals surface area contributed by atoms with Gasteiger partial charge >= 0.3 is 0 Å². The molecule has 0 aromatic heterocycles. The first-order valence-corrected chi connectivity index (χ1v) is 16.7. The van der Waals surface area contributed by atoms with Gasteiger partial charge in [-0.15, -0.1) is 0 Å². The number of hydrogen-bond acceptors (Lipinski definition) is 2. The average molecular weight is 621 g/mol. The van der Waals surface area contributed by atoms with Crippen molar-refractivity contribution in [3.05, 3.63) is 146 Å². The molecule has 2 atom stereocenters. The molecule has 2 nitrogen and oxygen atoms in total. The first kappa shape index (κ1) is 34.8. The van der Waals surface area contributed by atoms with Crippen molar-refractivity contribution in [2.75, 3.05) is 0 Å². The Morgan fingerprint density at radius 1 is 0.523 bits per heavy atom. The third-order valence-corrected chi connectivity index (χ3v) is 8.30. The molecule has 4 heteroatoms. The van der Waals surface area contributed by atoms with Crippen molar-refractivity contribution in [2.45, 2.75) is 52.6 Å². The maximum Gasteiger partial charge on any atom is 0.131 e. The van der Waals surface area contributed by atoms with E-state index < -0.39 is 0 Å². The summed E-state index contributed by atoms with van der Waals surface area (Å²) in [5.41, 5.74) is 2.17. The fourth-order valence-electron chi connectivity index (χ4n) is 4.24. The van der Waals surface area contributed by atoms with Gasteiger partial charge in [0.15, 0.2) is 0 Å². The van der Waals surface area contributed by atoms with E-state index in [9.17, 15) is 0 Å². The molecule has 228 valence electrons. The third kappa shape index (κ3) is 10.5. The lowest BCUT2D eigenvalue weighted by molar-refractivity contribution is 0.570. The lowest BCUT2D eigenvalue weighted by Gasteiger charge is -2.24. The summed E-state index contributed by atoms with van der Waals surface area (Å²) >= 11 is 0. The number of fused-ring (bicyclic) bond motifs is 2. The van der Waals surface area contributed by atoms with Crippen LogP contribution in [-0.4, -0.2) is 5.16 Å². The van der Waals surface area contributed by atoms with Crippen molar-refractivity contribution >= 4 is 39.8 Å². The lowest BCUT2D eigenvalue weighted by Crippen LogP contribution is -2.12. The molecule has 0 radical (unpaired) electrons. The van der Waals surface area contributed by atoms with Crippen LogP contribution in [0.2, 0.25) is 0 Å². The predicted molar refractivity (Wildman–Crippen MR) is 199 cm³/mol. The molecule has 0 aliphatic heterocycles.